The molecule has 0 nitrogen and oxygen atoms in total. The average Bonchev–Trinajstić information content (AvgIpc) is 2.16. The van der Waals surface area contributed by atoms with Crippen molar-refractivity contribution in [3.8, 4) is 0 Å². The molecule has 0 bridgehead atoms. The molecule has 2 rings (SSSR count). The summed E-state index contributed by atoms with van der Waals surface area (Å²) >= 11 is 1.98. The molecule has 80 valence electrons. The predicted molar refractivity (Wildman–Crippen MR) is 68.6 cm³/mol. The summed E-state index contributed by atoms with van der Waals surface area (Å²) < 4.78 is 0.302. The van der Waals surface area contributed by atoms with E-state index in [1.165, 1.54) is 10.5 Å². The smallest absolute Gasteiger partial charge is 0.0122 e. The molecule has 0 fully saturated rings. The normalized spacial score (nSPS) is 15.1. The fraction of sp³-hybridized carbons (Fsp3) is 0.429. The van der Waals surface area contributed by atoms with Gasteiger partial charge in [-0.05, 0) is 30.0 Å². The Bertz CT molecular complexity index is 383. The summed E-state index contributed by atoms with van der Waals surface area (Å²) in [6, 6.07) is 6.70. The number of hydrogen-bond acceptors (Lipinski definition) is 1. The van der Waals surface area contributed by atoms with Gasteiger partial charge in [-0.2, -0.15) is 0 Å². The molecule has 0 spiro atoms. The van der Waals surface area contributed by atoms with Crippen molar-refractivity contribution < 1.29 is 0 Å². The van der Waals surface area contributed by atoms with Gasteiger partial charge < -0.3 is 0 Å². The van der Waals surface area contributed by atoms with Crippen LogP contribution in [0.25, 0.3) is 0 Å². The molecule has 0 amide bonds. The molecule has 15 heavy (non-hydrogen) atoms. The van der Waals surface area contributed by atoms with Gasteiger partial charge in [-0.15, -0.1) is 11.8 Å². The zero-order chi connectivity index (χ0) is 10.9. The maximum atomic E-state index is 2.29. The molecular formula is C14H18S. The van der Waals surface area contributed by atoms with E-state index in [2.05, 4.69) is 51.1 Å². The SMILES string of the molecule is CC(C)(C)Sc1cccc2c1CC=CC2. The third kappa shape index (κ3) is 2.66. The highest BCUT2D eigenvalue weighted by Crippen LogP contribution is 2.36. The zero-order valence-corrected chi connectivity index (χ0v) is 10.5. The van der Waals surface area contributed by atoms with Gasteiger partial charge >= 0.3 is 0 Å². The molecular weight excluding hydrogens is 200 g/mol. The number of thioether (sulfide) groups is 1. The van der Waals surface area contributed by atoms with E-state index < -0.39 is 0 Å². The number of fused-ring (bicyclic) bond motifs is 1. The quantitative estimate of drug-likeness (QED) is 0.502. The molecule has 1 aromatic rings. The second-order valence-corrected chi connectivity index (χ2v) is 6.86. The van der Waals surface area contributed by atoms with Crippen LogP contribution in [0, 0.1) is 0 Å². The molecule has 1 aliphatic carbocycles. The van der Waals surface area contributed by atoms with Crippen LogP contribution < -0.4 is 0 Å². The molecule has 0 unspecified atom stereocenters. The van der Waals surface area contributed by atoms with E-state index in [9.17, 15) is 0 Å². The summed E-state index contributed by atoms with van der Waals surface area (Å²) in [4.78, 5) is 1.46. The number of hydrogen-bond donors (Lipinski definition) is 0. The van der Waals surface area contributed by atoms with Gasteiger partial charge in [0.25, 0.3) is 0 Å². The van der Waals surface area contributed by atoms with Crippen molar-refractivity contribution in [2.45, 2.75) is 43.3 Å². The van der Waals surface area contributed by atoms with Crippen LogP contribution in [0.1, 0.15) is 31.9 Å². The Labute approximate surface area is 96.8 Å². The van der Waals surface area contributed by atoms with E-state index in [0.29, 0.717) is 4.75 Å². The summed E-state index contributed by atoms with van der Waals surface area (Å²) in [6.07, 6.45) is 6.77. The molecule has 1 aliphatic rings. The lowest BCUT2D eigenvalue weighted by molar-refractivity contribution is 0.801. The first-order chi connectivity index (χ1) is 7.06. The Kier molecular flexibility index (Phi) is 2.92. The van der Waals surface area contributed by atoms with Gasteiger partial charge in [0.05, 0.1) is 0 Å². The number of rotatable bonds is 1. The topological polar surface area (TPSA) is 0 Å². The van der Waals surface area contributed by atoms with E-state index in [-0.39, 0.29) is 0 Å². The largest absolute Gasteiger partial charge is 0.120 e. The minimum Gasteiger partial charge on any atom is -0.120 e. The fourth-order valence-electron chi connectivity index (χ4n) is 1.87. The minimum absolute atomic E-state index is 0.302. The molecule has 0 aromatic heterocycles. The first kappa shape index (κ1) is 10.8. The monoisotopic (exact) mass is 218 g/mol. The highest BCUT2D eigenvalue weighted by Gasteiger charge is 2.16. The van der Waals surface area contributed by atoms with Gasteiger partial charge in [0.15, 0.2) is 0 Å². The van der Waals surface area contributed by atoms with Crippen molar-refractivity contribution in [2.75, 3.05) is 0 Å². The molecule has 0 N–H and O–H groups in total. The average molecular weight is 218 g/mol. The highest BCUT2D eigenvalue weighted by molar-refractivity contribution is 8.00. The second-order valence-electron chi connectivity index (χ2n) is 4.99. The van der Waals surface area contributed by atoms with Crippen LogP contribution in [0.15, 0.2) is 35.2 Å². The van der Waals surface area contributed by atoms with Crippen LogP contribution in [0.5, 0.6) is 0 Å². The minimum atomic E-state index is 0.302. The van der Waals surface area contributed by atoms with Crippen LogP contribution in [-0.2, 0) is 12.8 Å². The third-order valence-corrected chi connectivity index (χ3v) is 3.69. The van der Waals surface area contributed by atoms with Crippen LogP contribution in [0.3, 0.4) is 0 Å². The van der Waals surface area contributed by atoms with Gasteiger partial charge in [-0.3, -0.25) is 0 Å². The Morgan fingerprint density at radius 2 is 1.80 bits per heavy atom. The summed E-state index contributed by atoms with van der Waals surface area (Å²) in [6.45, 7) is 6.82. The molecule has 0 radical (unpaired) electrons. The van der Waals surface area contributed by atoms with Gasteiger partial charge in [-0.25, -0.2) is 0 Å². The number of allylic oxidation sites excluding steroid dienone is 2. The summed E-state index contributed by atoms with van der Waals surface area (Å²) in [5.41, 5.74) is 3.05. The van der Waals surface area contributed by atoms with Gasteiger partial charge in [-0.1, -0.05) is 45.1 Å². The summed E-state index contributed by atoms with van der Waals surface area (Å²) in [7, 11) is 0. The zero-order valence-electron chi connectivity index (χ0n) is 9.71. The standard InChI is InChI=1S/C14H18S/c1-14(2,3)15-13-10-6-8-11-7-4-5-9-12(11)13/h4-6,8,10H,7,9H2,1-3H3. The Morgan fingerprint density at radius 1 is 1.07 bits per heavy atom. The van der Waals surface area contributed by atoms with E-state index >= 15 is 0 Å². The number of benzene rings is 1. The van der Waals surface area contributed by atoms with Crippen molar-refractivity contribution in [3.63, 3.8) is 0 Å². The molecule has 0 saturated carbocycles. The van der Waals surface area contributed by atoms with Gasteiger partial charge in [0.2, 0.25) is 0 Å². The second kappa shape index (κ2) is 4.05. The Balaban J connectivity index is 2.33. The van der Waals surface area contributed by atoms with Crippen molar-refractivity contribution in [1.29, 1.82) is 0 Å². The van der Waals surface area contributed by atoms with Gasteiger partial charge in [0.1, 0.15) is 0 Å². The van der Waals surface area contributed by atoms with Gasteiger partial charge in [0, 0.05) is 9.64 Å². The summed E-state index contributed by atoms with van der Waals surface area (Å²) in [5.74, 6) is 0. The van der Waals surface area contributed by atoms with Crippen LogP contribution in [0.4, 0.5) is 0 Å². The highest BCUT2D eigenvalue weighted by atomic mass is 32.2. The van der Waals surface area contributed by atoms with E-state index in [1.807, 2.05) is 11.8 Å². The van der Waals surface area contributed by atoms with E-state index in [0.717, 1.165) is 12.8 Å². The van der Waals surface area contributed by atoms with Crippen molar-refractivity contribution in [3.05, 3.63) is 41.5 Å². The maximum absolute atomic E-state index is 2.29. The van der Waals surface area contributed by atoms with Crippen LogP contribution >= 0.6 is 11.8 Å². The van der Waals surface area contributed by atoms with Crippen molar-refractivity contribution >= 4 is 11.8 Å². The lowest BCUT2D eigenvalue weighted by atomic mass is 9.97. The van der Waals surface area contributed by atoms with Crippen molar-refractivity contribution in [2.24, 2.45) is 0 Å². The van der Waals surface area contributed by atoms with Crippen LogP contribution in [-0.4, -0.2) is 4.75 Å². The first-order valence-electron chi connectivity index (χ1n) is 5.51. The molecule has 0 saturated heterocycles. The molecule has 0 atom stereocenters. The fourth-order valence-corrected chi connectivity index (χ4v) is 3.01. The molecule has 0 aliphatic heterocycles. The van der Waals surface area contributed by atoms with E-state index in [1.54, 1.807) is 5.56 Å². The lowest BCUT2D eigenvalue weighted by Crippen LogP contribution is -2.09. The van der Waals surface area contributed by atoms with Crippen molar-refractivity contribution in [1.82, 2.24) is 0 Å². The molecule has 1 heteroatoms. The first-order valence-corrected chi connectivity index (χ1v) is 6.33. The van der Waals surface area contributed by atoms with Crippen LogP contribution in [0.2, 0.25) is 0 Å². The molecule has 0 heterocycles. The summed E-state index contributed by atoms with van der Waals surface area (Å²) in [5, 5.41) is 0. The third-order valence-electron chi connectivity index (χ3n) is 2.47. The maximum Gasteiger partial charge on any atom is 0.0122 e. The predicted octanol–water partition coefficient (Wildman–Crippen LogP) is 4.23. The lowest BCUT2D eigenvalue weighted by Gasteiger charge is -2.22. The Morgan fingerprint density at radius 3 is 2.53 bits per heavy atom. The Hall–Kier alpha value is -0.690. The molecule has 1 aromatic carbocycles. The van der Waals surface area contributed by atoms with E-state index in [4.69, 9.17) is 0 Å².